The summed E-state index contributed by atoms with van der Waals surface area (Å²) in [6.45, 7) is 2.29. The van der Waals surface area contributed by atoms with E-state index in [2.05, 4.69) is 39.1 Å². The van der Waals surface area contributed by atoms with Crippen LogP contribution in [0.2, 0.25) is 0 Å². The fourth-order valence-corrected chi connectivity index (χ4v) is 5.10. The topological polar surface area (TPSA) is 64.6 Å². The maximum absolute atomic E-state index is 12.2. The first-order chi connectivity index (χ1) is 13.6. The minimum absolute atomic E-state index is 0.258. The lowest BCUT2D eigenvalue weighted by Gasteiger charge is -2.29. The lowest BCUT2D eigenvalue weighted by molar-refractivity contribution is 0.0281. The van der Waals surface area contributed by atoms with Crippen molar-refractivity contribution in [3.05, 3.63) is 46.2 Å². The lowest BCUT2D eigenvalue weighted by Crippen LogP contribution is -2.44. The number of anilines is 2. The van der Waals surface area contributed by atoms with E-state index < -0.39 is 5.60 Å². The number of carbonyl (C=O) groups is 1. The molecule has 1 aromatic carbocycles. The molecule has 6 heteroatoms. The van der Waals surface area contributed by atoms with E-state index in [1.807, 2.05) is 23.5 Å². The van der Waals surface area contributed by atoms with Crippen molar-refractivity contribution < 1.29 is 9.90 Å². The van der Waals surface area contributed by atoms with E-state index in [1.54, 1.807) is 0 Å². The molecule has 3 N–H and O–H groups in total. The predicted octanol–water partition coefficient (Wildman–Crippen LogP) is 4.52. The van der Waals surface area contributed by atoms with E-state index in [-0.39, 0.29) is 6.03 Å². The molecule has 4 rings (SSSR count). The van der Waals surface area contributed by atoms with Gasteiger partial charge in [0.05, 0.1) is 5.60 Å². The molecule has 150 valence electrons. The molecule has 0 atom stereocenters. The van der Waals surface area contributed by atoms with Crippen LogP contribution in [0.25, 0.3) is 0 Å². The zero-order valence-corrected chi connectivity index (χ0v) is 17.1. The summed E-state index contributed by atoms with van der Waals surface area (Å²) in [7, 11) is 0. The van der Waals surface area contributed by atoms with Gasteiger partial charge in [0.15, 0.2) is 0 Å². The molecule has 2 amide bonds. The molecule has 0 unspecified atom stereocenters. The number of fused-ring (bicyclic) bond motifs is 1. The maximum Gasteiger partial charge on any atom is 0.319 e. The maximum atomic E-state index is 12.2. The summed E-state index contributed by atoms with van der Waals surface area (Å²) in [4.78, 5) is 16.1. The Bertz CT molecular complexity index is 794. The smallest absolute Gasteiger partial charge is 0.319 e. The average molecular weight is 400 g/mol. The Morgan fingerprint density at radius 1 is 1.11 bits per heavy atom. The summed E-state index contributed by atoms with van der Waals surface area (Å²) in [5, 5.41) is 18.5. The van der Waals surface area contributed by atoms with Gasteiger partial charge in [0.2, 0.25) is 0 Å². The number of benzene rings is 1. The van der Waals surface area contributed by atoms with Crippen molar-refractivity contribution in [2.45, 2.75) is 57.1 Å². The van der Waals surface area contributed by atoms with E-state index in [1.165, 1.54) is 29.0 Å². The van der Waals surface area contributed by atoms with E-state index in [9.17, 15) is 9.90 Å². The second kappa shape index (κ2) is 8.53. The van der Waals surface area contributed by atoms with Gasteiger partial charge in [-0.3, -0.25) is 0 Å². The van der Waals surface area contributed by atoms with E-state index in [0.717, 1.165) is 50.9 Å². The van der Waals surface area contributed by atoms with Crippen molar-refractivity contribution in [2.75, 3.05) is 23.3 Å². The van der Waals surface area contributed by atoms with Crippen LogP contribution in [-0.2, 0) is 13.0 Å². The van der Waals surface area contributed by atoms with Gasteiger partial charge in [-0.25, -0.2) is 4.79 Å². The first-order valence-corrected chi connectivity index (χ1v) is 11.2. The van der Waals surface area contributed by atoms with E-state index in [4.69, 9.17) is 0 Å². The highest BCUT2D eigenvalue weighted by Crippen LogP contribution is 2.29. The third kappa shape index (κ3) is 4.67. The van der Waals surface area contributed by atoms with Crippen molar-refractivity contribution in [3.63, 3.8) is 0 Å². The van der Waals surface area contributed by atoms with Crippen LogP contribution in [0.5, 0.6) is 0 Å². The molecule has 0 radical (unpaired) electrons. The summed E-state index contributed by atoms with van der Waals surface area (Å²) in [5.41, 5.74) is 2.61. The second-order valence-electron chi connectivity index (χ2n) is 8.03. The molecule has 1 saturated carbocycles. The Balaban J connectivity index is 1.29. The van der Waals surface area contributed by atoms with Gasteiger partial charge in [-0.05, 0) is 60.5 Å². The first-order valence-electron chi connectivity index (χ1n) is 10.3. The summed E-state index contributed by atoms with van der Waals surface area (Å²) < 4.78 is 0. The van der Waals surface area contributed by atoms with E-state index in [0.29, 0.717) is 6.54 Å². The number of hydrogen-bond donors (Lipinski definition) is 3. The van der Waals surface area contributed by atoms with Crippen LogP contribution in [0, 0.1) is 0 Å². The molecule has 5 nitrogen and oxygen atoms in total. The lowest BCUT2D eigenvalue weighted by atomic mass is 9.95. The molecule has 2 heterocycles. The van der Waals surface area contributed by atoms with Gasteiger partial charge in [0.1, 0.15) is 0 Å². The molecule has 2 aromatic rings. The molecular formula is C22H29N3O2S. The molecule has 1 aliphatic carbocycles. The summed E-state index contributed by atoms with van der Waals surface area (Å²) in [5.74, 6) is 0. The van der Waals surface area contributed by atoms with Gasteiger partial charge >= 0.3 is 6.03 Å². The summed E-state index contributed by atoms with van der Waals surface area (Å²) >= 11 is 1.85. The number of hydrogen-bond acceptors (Lipinski definition) is 4. The summed E-state index contributed by atoms with van der Waals surface area (Å²) in [6, 6.07) is 9.97. The van der Waals surface area contributed by atoms with Gasteiger partial charge in [-0.2, -0.15) is 0 Å². The van der Waals surface area contributed by atoms with E-state index >= 15 is 0 Å². The quantitative estimate of drug-likeness (QED) is 0.663. The number of rotatable bonds is 4. The standard InChI is InChI=1S/C22H29N3O2S/c26-21(23-16-22(27)11-3-1-2-4-12-22)24-18-5-7-19(8-6-18)25-13-9-20-17(15-25)10-14-28-20/h5-8,10,14,27H,1-4,9,11-13,15-16H2,(H2,23,24,26). The SMILES string of the molecule is O=C(NCC1(O)CCCCCC1)Nc1ccc(N2CCc3sccc3C2)cc1. The molecule has 1 fully saturated rings. The number of urea groups is 1. The predicted molar refractivity (Wildman–Crippen MR) is 115 cm³/mol. The number of thiophene rings is 1. The van der Waals surface area contributed by atoms with Gasteiger partial charge < -0.3 is 20.6 Å². The highest BCUT2D eigenvalue weighted by atomic mass is 32.1. The van der Waals surface area contributed by atoms with Gasteiger partial charge in [-0.1, -0.05) is 25.7 Å². The Hall–Kier alpha value is -2.05. The second-order valence-corrected chi connectivity index (χ2v) is 9.03. The highest BCUT2D eigenvalue weighted by Gasteiger charge is 2.28. The Kier molecular flexibility index (Phi) is 5.87. The molecule has 0 bridgehead atoms. The molecule has 2 aliphatic rings. The van der Waals surface area contributed by atoms with Crippen LogP contribution in [0.15, 0.2) is 35.7 Å². The van der Waals surface area contributed by atoms with Crippen molar-refractivity contribution >= 4 is 28.7 Å². The Morgan fingerprint density at radius 2 is 1.86 bits per heavy atom. The largest absolute Gasteiger partial charge is 0.388 e. The van der Waals surface area contributed by atoms with Gasteiger partial charge in [0.25, 0.3) is 0 Å². The molecular weight excluding hydrogens is 370 g/mol. The van der Waals surface area contributed by atoms with Crippen molar-refractivity contribution in [1.82, 2.24) is 5.32 Å². The van der Waals surface area contributed by atoms with Crippen LogP contribution in [-0.4, -0.2) is 29.8 Å². The van der Waals surface area contributed by atoms with Crippen LogP contribution < -0.4 is 15.5 Å². The number of aliphatic hydroxyl groups is 1. The zero-order chi connectivity index (χ0) is 19.4. The third-order valence-corrected chi connectivity index (χ3v) is 6.93. The summed E-state index contributed by atoms with van der Waals surface area (Å²) in [6.07, 6.45) is 7.04. The molecule has 28 heavy (non-hydrogen) atoms. The van der Waals surface area contributed by atoms with Crippen LogP contribution in [0.1, 0.15) is 49.0 Å². The number of amides is 2. The first kappa shape index (κ1) is 19.3. The average Bonchev–Trinajstić information content (AvgIpc) is 3.07. The highest BCUT2D eigenvalue weighted by molar-refractivity contribution is 7.10. The van der Waals surface area contributed by atoms with Gasteiger partial charge in [-0.15, -0.1) is 11.3 Å². The fourth-order valence-electron chi connectivity index (χ4n) is 4.21. The monoisotopic (exact) mass is 399 g/mol. The molecule has 0 spiro atoms. The number of carbonyl (C=O) groups excluding carboxylic acids is 1. The Morgan fingerprint density at radius 3 is 2.61 bits per heavy atom. The number of nitrogens with zero attached hydrogens (tertiary/aromatic N) is 1. The minimum atomic E-state index is -0.757. The minimum Gasteiger partial charge on any atom is -0.388 e. The normalized spacial score (nSPS) is 18.8. The molecule has 1 aliphatic heterocycles. The molecule has 1 aromatic heterocycles. The fraction of sp³-hybridized carbons (Fsp3) is 0.500. The molecule has 0 saturated heterocycles. The number of nitrogens with one attached hydrogen (secondary N) is 2. The van der Waals surface area contributed by atoms with Crippen molar-refractivity contribution in [3.8, 4) is 0 Å². The van der Waals surface area contributed by atoms with Gasteiger partial charge in [0, 0.05) is 35.9 Å². The van der Waals surface area contributed by atoms with Crippen LogP contribution in [0.4, 0.5) is 16.2 Å². The Labute approximate surface area is 170 Å². The van der Waals surface area contributed by atoms with Crippen molar-refractivity contribution in [2.24, 2.45) is 0 Å². The third-order valence-electron chi connectivity index (χ3n) is 5.91. The van der Waals surface area contributed by atoms with Crippen LogP contribution >= 0.6 is 11.3 Å². The van der Waals surface area contributed by atoms with Crippen molar-refractivity contribution in [1.29, 1.82) is 0 Å². The zero-order valence-electron chi connectivity index (χ0n) is 16.2. The van der Waals surface area contributed by atoms with Crippen LogP contribution in [0.3, 0.4) is 0 Å².